The standard InChI is InChI=1S/C10H13N3O/c11-13(14)6-5-8-7-12-10-4-2-1-3-9(8)10/h1-4,7,12,14H,5-6,11H2. The van der Waals surface area contributed by atoms with Crippen LogP contribution in [0.3, 0.4) is 0 Å². The lowest BCUT2D eigenvalue weighted by Crippen LogP contribution is -2.28. The number of hydroxylamine groups is 1. The summed E-state index contributed by atoms with van der Waals surface area (Å²) in [6.07, 6.45) is 2.69. The molecule has 1 heterocycles. The van der Waals surface area contributed by atoms with Crippen molar-refractivity contribution in [3.63, 3.8) is 0 Å². The summed E-state index contributed by atoms with van der Waals surface area (Å²) in [5.41, 5.74) is 2.29. The normalized spacial score (nSPS) is 11.4. The summed E-state index contributed by atoms with van der Waals surface area (Å²) in [4.78, 5) is 3.17. The van der Waals surface area contributed by atoms with Crippen molar-refractivity contribution in [3.05, 3.63) is 36.0 Å². The molecule has 0 aliphatic rings. The lowest BCUT2D eigenvalue weighted by Gasteiger charge is -2.05. The zero-order valence-electron chi connectivity index (χ0n) is 7.77. The van der Waals surface area contributed by atoms with Gasteiger partial charge in [-0.05, 0) is 18.1 Å². The molecule has 0 saturated carbocycles. The molecule has 0 unspecified atom stereocenters. The zero-order valence-corrected chi connectivity index (χ0v) is 7.77. The highest BCUT2D eigenvalue weighted by Crippen LogP contribution is 2.17. The molecule has 0 bridgehead atoms. The van der Waals surface area contributed by atoms with Crippen molar-refractivity contribution in [3.8, 4) is 0 Å². The Morgan fingerprint density at radius 1 is 1.36 bits per heavy atom. The van der Waals surface area contributed by atoms with Crippen LogP contribution < -0.4 is 5.84 Å². The van der Waals surface area contributed by atoms with Gasteiger partial charge in [0.25, 0.3) is 0 Å². The van der Waals surface area contributed by atoms with Crippen molar-refractivity contribution in [2.24, 2.45) is 5.84 Å². The third-order valence-electron chi connectivity index (χ3n) is 2.29. The van der Waals surface area contributed by atoms with Crippen LogP contribution >= 0.6 is 0 Å². The Bertz CT molecular complexity index is 422. The summed E-state index contributed by atoms with van der Waals surface area (Å²) in [6.45, 7) is 0.432. The van der Waals surface area contributed by atoms with Crippen LogP contribution in [0.25, 0.3) is 10.9 Å². The Morgan fingerprint density at radius 3 is 2.93 bits per heavy atom. The first kappa shape index (κ1) is 9.21. The van der Waals surface area contributed by atoms with Gasteiger partial charge in [0, 0.05) is 23.6 Å². The fourth-order valence-corrected chi connectivity index (χ4v) is 1.57. The van der Waals surface area contributed by atoms with E-state index < -0.39 is 0 Å². The SMILES string of the molecule is NN(O)CCc1c[nH]c2ccccc12. The molecule has 1 aromatic heterocycles. The van der Waals surface area contributed by atoms with Crippen molar-refractivity contribution in [1.29, 1.82) is 0 Å². The van der Waals surface area contributed by atoms with E-state index in [1.165, 1.54) is 10.9 Å². The summed E-state index contributed by atoms with van der Waals surface area (Å²) in [5.74, 6) is 5.13. The number of aromatic nitrogens is 1. The molecule has 14 heavy (non-hydrogen) atoms. The molecule has 0 saturated heterocycles. The maximum atomic E-state index is 8.82. The van der Waals surface area contributed by atoms with Gasteiger partial charge in [-0.25, -0.2) is 5.84 Å². The number of nitrogens with one attached hydrogen (secondary N) is 1. The smallest absolute Gasteiger partial charge is 0.0456 e. The first-order chi connectivity index (χ1) is 6.77. The second kappa shape index (κ2) is 3.79. The van der Waals surface area contributed by atoms with Crippen LogP contribution in [-0.2, 0) is 6.42 Å². The van der Waals surface area contributed by atoms with Crippen LogP contribution in [0.5, 0.6) is 0 Å². The number of H-pyrrole nitrogens is 1. The van der Waals surface area contributed by atoms with Crippen LogP contribution in [0.1, 0.15) is 5.56 Å². The number of para-hydroxylation sites is 1. The molecule has 2 aromatic rings. The van der Waals surface area contributed by atoms with Crippen LogP contribution in [0.4, 0.5) is 0 Å². The number of hydrogen-bond acceptors (Lipinski definition) is 3. The quantitative estimate of drug-likeness (QED) is 0.505. The fourth-order valence-electron chi connectivity index (χ4n) is 1.57. The molecule has 4 heteroatoms. The molecule has 0 spiro atoms. The molecule has 0 radical (unpaired) electrons. The molecule has 4 N–H and O–H groups in total. The second-order valence-electron chi connectivity index (χ2n) is 3.27. The van der Waals surface area contributed by atoms with Gasteiger partial charge >= 0.3 is 0 Å². The number of aromatic amines is 1. The van der Waals surface area contributed by atoms with Gasteiger partial charge < -0.3 is 4.98 Å². The average Bonchev–Trinajstić information content (AvgIpc) is 2.58. The number of rotatable bonds is 3. The van der Waals surface area contributed by atoms with E-state index >= 15 is 0 Å². The minimum absolute atomic E-state index is 0.432. The van der Waals surface area contributed by atoms with Gasteiger partial charge in [0.2, 0.25) is 0 Å². The van der Waals surface area contributed by atoms with Crippen LogP contribution in [-0.4, -0.2) is 21.9 Å². The first-order valence-corrected chi connectivity index (χ1v) is 4.53. The van der Waals surface area contributed by atoms with Gasteiger partial charge in [-0.3, -0.25) is 5.21 Å². The summed E-state index contributed by atoms with van der Waals surface area (Å²) >= 11 is 0. The van der Waals surface area contributed by atoms with Crippen LogP contribution in [0.15, 0.2) is 30.5 Å². The summed E-state index contributed by atoms with van der Waals surface area (Å²) in [5, 5.41) is 10.7. The second-order valence-corrected chi connectivity index (χ2v) is 3.27. The van der Waals surface area contributed by atoms with Crippen molar-refractivity contribution >= 4 is 10.9 Å². The van der Waals surface area contributed by atoms with E-state index in [1.807, 2.05) is 24.4 Å². The minimum atomic E-state index is 0.432. The molecule has 0 aliphatic carbocycles. The highest BCUT2D eigenvalue weighted by atomic mass is 16.5. The Kier molecular flexibility index (Phi) is 2.49. The van der Waals surface area contributed by atoms with E-state index in [0.717, 1.165) is 11.9 Å². The van der Waals surface area contributed by atoms with Gasteiger partial charge in [-0.2, -0.15) is 0 Å². The Labute approximate surface area is 81.9 Å². The van der Waals surface area contributed by atoms with E-state index in [1.54, 1.807) is 0 Å². The maximum absolute atomic E-state index is 8.82. The third kappa shape index (κ3) is 1.77. The Balaban J connectivity index is 2.25. The molecular formula is C10H13N3O. The van der Waals surface area contributed by atoms with Gasteiger partial charge in [0.15, 0.2) is 0 Å². The van der Waals surface area contributed by atoms with Crippen LogP contribution in [0, 0.1) is 0 Å². The lowest BCUT2D eigenvalue weighted by atomic mass is 10.1. The summed E-state index contributed by atoms with van der Waals surface area (Å²) in [7, 11) is 0. The first-order valence-electron chi connectivity index (χ1n) is 4.53. The van der Waals surface area contributed by atoms with Crippen molar-refractivity contribution < 1.29 is 5.21 Å². The molecule has 0 aliphatic heterocycles. The maximum Gasteiger partial charge on any atom is 0.0456 e. The number of benzene rings is 1. The largest absolute Gasteiger partial charge is 0.361 e. The topological polar surface area (TPSA) is 65.3 Å². The number of nitrogens with two attached hydrogens (primary N) is 1. The molecule has 0 fully saturated rings. The molecule has 4 nitrogen and oxygen atoms in total. The van der Waals surface area contributed by atoms with E-state index in [-0.39, 0.29) is 0 Å². The van der Waals surface area contributed by atoms with E-state index in [9.17, 15) is 0 Å². The third-order valence-corrected chi connectivity index (χ3v) is 2.29. The van der Waals surface area contributed by atoms with Gasteiger partial charge in [-0.1, -0.05) is 18.2 Å². The predicted octanol–water partition coefficient (Wildman–Crippen LogP) is 1.28. The lowest BCUT2D eigenvalue weighted by molar-refractivity contribution is -0.0918. The van der Waals surface area contributed by atoms with Crippen molar-refractivity contribution in [1.82, 2.24) is 10.2 Å². The average molecular weight is 191 g/mol. The molecule has 0 atom stereocenters. The number of hydrazine groups is 1. The Morgan fingerprint density at radius 2 is 2.14 bits per heavy atom. The molecule has 2 rings (SSSR count). The van der Waals surface area contributed by atoms with Gasteiger partial charge in [-0.15, -0.1) is 5.17 Å². The van der Waals surface area contributed by atoms with Crippen LogP contribution in [0.2, 0.25) is 0 Å². The van der Waals surface area contributed by atoms with Gasteiger partial charge in [0.1, 0.15) is 0 Å². The number of fused-ring (bicyclic) bond motifs is 1. The highest BCUT2D eigenvalue weighted by Gasteiger charge is 2.03. The Hall–Kier alpha value is -1.36. The number of nitrogens with zero attached hydrogens (tertiary/aromatic N) is 1. The van der Waals surface area contributed by atoms with Crippen molar-refractivity contribution in [2.75, 3.05) is 6.54 Å². The molecule has 74 valence electrons. The van der Waals surface area contributed by atoms with Gasteiger partial charge in [0.05, 0.1) is 0 Å². The number of hydrogen-bond donors (Lipinski definition) is 3. The molecule has 1 aromatic carbocycles. The summed E-state index contributed by atoms with van der Waals surface area (Å²) in [6, 6.07) is 8.07. The van der Waals surface area contributed by atoms with Crippen molar-refractivity contribution in [2.45, 2.75) is 6.42 Å². The zero-order chi connectivity index (χ0) is 9.97. The molecular weight excluding hydrogens is 178 g/mol. The highest BCUT2D eigenvalue weighted by molar-refractivity contribution is 5.82. The van der Waals surface area contributed by atoms with E-state index in [0.29, 0.717) is 11.7 Å². The minimum Gasteiger partial charge on any atom is -0.361 e. The van der Waals surface area contributed by atoms with E-state index in [4.69, 9.17) is 11.0 Å². The monoisotopic (exact) mass is 191 g/mol. The van der Waals surface area contributed by atoms with E-state index in [2.05, 4.69) is 11.1 Å². The molecule has 0 amide bonds. The predicted molar refractivity (Wildman–Crippen MR) is 54.7 cm³/mol. The fraction of sp³-hybridized carbons (Fsp3) is 0.200. The summed E-state index contributed by atoms with van der Waals surface area (Å²) < 4.78 is 0.